The number of primary amides is 1. The Morgan fingerprint density at radius 3 is 2.82 bits per heavy atom. The number of amides is 1. The van der Waals surface area contributed by atoms with Crippen LogP contribution in [0.2, 0.25) is 0 Å². The normalized spacial score (nSPS) is 11.1. The molecule has 3 aromatic heterocycles. The molecule has 4 rings (SSSR count). The van der Waals surface area contributed by atoms with E-state index in [1.165, 1.54) is 0 Å². The molecule has 5 heteroatoms. The van der Waals surface area contributed by atoms with Crippen LogP contribution in [0.4, 0.5) is 0 Å². The molecule has 0 saturated carbocycles. The third kappa shape index (κ3) is 1.91. The van der Waals surface area contributed by atoms with Gasteiger partial charge in [-0.15, -0.1) is 0 Å². The first-order valence-electron chi connectivity index (χ1n) is 6.84. The Bertz CT molecular complexity index is 1020. The molecular weight excluding hydrogens is 276 g/mol. The first-order valence-corrected chi connectivity index (χ1v) is 6.84. The van der Waals surface area contributed by atoms with Gasteiger partial charge in [-0.25, -0.2) is 0 Å². The first kappa shape index (κ1) is 12.5. The summed E-state index contributed by atoms with van der Waals surface area (Å²) in [6.07, 6.45) is 5.41. The topological polar surface area (TPSA) is 84.7 Å². The Hall–Kier alpha value is -3.21. The quantitative estimate of drug-likeness (QED) is 0.594. The van der Waals surface area contributed by atoms with Crippen molar-refractivity contribution in [3.05, 3.63) is 60.6 Å². The van der Waals surface area contributed by atoms with Crippen LogP contribution in [0.1, 0.15) is 10.4 Å². The number of carbonyl (C=O) groups excluding carboxylic acids is 1. The van der Waals surface area contributed by atoms with E-state index in [2.05, 4.69) is 15.0 Å². The molecule has 0 saturated heterocycles. The van der Waals surface area contributed by atoms with Gasteiger partial charge in [-0.3, -0.25) is 14.8 Å². The van der Waals surface area contributed by atoms with Gasteiger partial charge in [0.25, 0.3) is 0 Å². The predicted molar refractivity (Wildman–Crippen MR) is 85.3 cm³/mol. The minimum absolute atomic E-state index is 0.439. The summed E-state index contributed by atoms with van der Waals surface area (Å²) in [5.74, 6) is -0.439. The van der Waals surface area contributed by atoms with E-state index in [1.807, 2.05) is 36.7 Å². The zero-order valence-electron chi connectivity index (χ0n) is 11.6. The number of nitrogens with one attached hydrogen (secondary N) is 1. The molecule has 106 valence electrons. The molecule has 3 N–H and O–H groups in total. The number of rotatable bonds is 2. The van der Waals surface area contributed by atoms with E-state index in [0.29, 0.717) is 5.56 Å². The van der Waals surface area contributed by atoms with Gasteiger partial charge in [0.2, 0.25) is 5.91 Å². The predicted octanol–water partition coefficient (Wildman–Crippen LogP) is 2.88. The van der Waals surface area contributed by atoms with E-state index in [0.717, 1.165) is 33.1 Å². The fraction of sp³-hybridized carbons (Fsp3) is 0. The Kier molecular flexibility index (Phi) is 2.66. The molecule has 5 nitrogen and oxygen atoms in total. The third-order valence-electron chi connectivity index (χ3n) is 3.73. The molecule has 0 radical (unpaired) electrons. The lowest BCUT2D eigenvalue weighted by atomic mass is 10.0. The van der Waals surface area contributed by atoms with E-state index in [9.17, 15) is 4.79 Å². The fourth-order valence-corrected chi connectivity index (χ4v) is 2.61. The minimum atomic E-state index is -0.439. The number of carbonyl (C=O) groups is 1. The Balaban J connectivity index is 1.95. The number of H-pyrrole nitrogens is 1. The highest BCUT2D eigenvalue weighted by Crippen LogP contribution is 2.27. The molecule has 0 aliphatic carbocycles. The van der Waals surface area contributed by atoms with Crippen molar-refractivity contribution in [3.8, 4) is 11.4 Å². The second-order valence-corrected chi connectivity index (χ2v) is 5.09. The molecule has 0 aliphatic rings. The van der Waals surface area contributed by atoms with Crippen molar-refractivity contribution in [1.82, 2.24) is 15.0 Å². The number of nitrogens with two attached hydrogens (primary N) is 1. The van der Waals surface area contributed by atoms with Crippen LogP contribution in [0, 0.1) is 0 Å². The molecule has 0 bridgehead atoms. The number of aromatic nitrogens is 3. The fourth-order valence-electron chi connectivity index (χ4n) is 2.61. The smallest absolute Gasteiger partial charge is 0.248 e. The zero-order valence-corrected chi connectivity index (χ0v) is 11.6. The Morgan fingerprint density at radius 1 is 1.05 bits per heavy atom. The summed E-state index contributed by atoms with van der Waals surface area (Å²) in [7, 11) is 0. The van der Waals surface area contributed by atoms with Crippen molar-refractivity contribution in [2.24, 2.45) is 5.73 Å². The van der Waals surface area contributed by atoms with Crippen LogP contribution in [0.15, 0.2) is 55.0 Å². The van der Waals surface area contributed by atoms with E-state index >= 15 is 0 Å². The summed E-state index contributed by atoms with van der Waals surface area (Å²) >= 11 is 0. The second kappa shape index (κ2) is 4.66. The molecular formula is C17H12N4O. The van der Waals surface area contributed by atoms with Crippen LogP contribution < -0.4 is 5.73 Å². The summed E-state index contributed by atoms with van der Waals surface area (Å²) in [5.41, 5.74) is 8.40. The third-order valence-corrected chi connectivity index (χ3v) is 3.73. The van der Waals surface area contributed by atoms with Crippen molar-refractivity contribution < 1.29 is 4.79 Å². The van der Waals surface area contributed by atoms with Crippen LogP contribution in [0.3, 0.4) is 0 Å². The van der Waals surface area contributed by atoms with E-state index < -0.39 is 5.91 Å². The number of fused-ring (bicyclic) bond motifs is 2. The SMILES string of the molecule is NC(=O)c1ccc2c(-c3cc4[nH]ccc4cn3)nccc2c1. The van der Waals surface area contributed by atoms with Crippen LogP contribution in [0.25, 0.3) is 33.1 Å². The average Bonchev–Trinajstić information content (AvgIpc) is 3.01. The van der Waals surface area contributed by atoms with Gasteiger partial charge in [0.1, 0.15) is 0 Å². The number of nitrogens with zero attached hydrogens (tertiary/aromatic N) is 2. The highest BCUT2D eigenvalue weighted by atomic mass is 16.1. The highest BCUT2D eigenvalue weighted by molar-refractivity contribution is 6.01. The van der Waals surface area contributed by atoms with Crippen molar-refractivity contribution in [3.63, 3.8) is 0 Å². The van der Waals surface area contributed by atoms with E-state index in [4.69, 9.17) is 5.73 Å². The molecule has 3 heterocycles. The maximum atomic E-state index is 11.3. The molecule has 4 aromatic rings. The van der Waals surface area contributed by atoms with Crippen LogP contribution in [0.5, 0.6) is 0 Å². The molecule has 22 heavy (non-hydrogen) atoms. The number of hydrogen-bond acceptors (Lipinski definition) is 3. The molecule has 0 fully saturated rings. The van der Waals surface area contributed by atoms with Gasteiger partial charge in [-0.2, -0.15) is 0 Å². The van der Waals surface area contributed by atoms with Crippen molar-refractivity contribution in [1.29, 1.82) is 0 Å². The van der Waals surface area contributed by atoms with E-state index in [-0.39, 0.29) is 0 Å². The van der Waals surface area contributed by atoms with Gasteiger partial charge < -0.3 is 10.7 Å². The lowest BCUT2D eigenvalue weighted by Gasteiger charge is -2.06. The zero-order chi connectivity index (χ0) is 15.1. The molecule has 0 aliphatic heterocycles. The number of benzene rings is 1. The lowest BCUT2D eigenvalue weighted by Crippen LogP contribution is -2.10. The van der Waals surface area contributed by atoms with Crippen LogP contribution in [-0.2, 0) is 0 Å². The molecule has 0 atom stereocenters. The van der Waals surface area contributed by atoms with Gasteiger partial charge >= 0.3 is 0 Å². The van der Waals surface area contributed by atoms with Crippen LogP contribution in [-0.4, -0.2) is 20.9 Å². The van der Waals surface area contributed by atoms with Gasteiger partial charge in [0.05, 0.1) is 11.4 Å². The maximum absolute atomic E-state index is 11.3. The number of pyridine rings is 2. The van der Waals surface area contributed by atoms with E-state index in [1.54, 1.807) is 18.3 Å². The van der Waals surface area contributed by atoms with Gasteiger partial charge in [0.15, 0.2) is 0 Å². The second-order valence-electron chi connectivity index (χ2n) is 5.09. The number of hydrogen-bond donors (Lipinski definition) is 2. The van der Waals surface area contributed by atoms with Crippen LogP contribution >= 0.6 is 0 Å². The summed E-state index contributed by atoms with van der Waals surface area (Å²) in [6.45, 7) is 0. The first-order chi connectivity index (χ1) is 10.7. The van der Waals surface area contributed by atoms with Crippen molar-refractivity contribution in [2.75, 3.05) is 0 Å². The van der Waals surface area contributed by atoms with Crippen molar-refractivity contribution in [2.45, 2.75) is 0 Å². The standard InChI is InChI=1S/C17H12N4O/c18-17(22)11-1-2-13-10(7-11)3-6-20-16(13)15-8-14-12(9-21-15)4-5-19-14/h1-9,19H,(H2,18,22). The Labute approximate surface area is 125 Å². The van der Waals surface area contributed by atoms with Gasteiger partial charge in [-0.1, -0.05) is 6.07 Å². The monoisotopic (exact) mass is 288 g/mol. The molecule has 0 spiro atoms. The largest absolute Gasteiger partial charge is 0.366 e. The summed E-state index contributed by atoms with van der Waals surface area (Å²) < 4.78 is 0. The minimum Gasteiger partial charge on any atom is -0.366 e. The van der Waals surface area contributed by atoms with Gasteiger partial charge in [-0.05, 0) is 35.7 Å². The highest BCUT2D eigenvalue weighted by Gasteiger charge is 2.10. The Morgan fingerprint density at radius 2 is 1.95 bits per heavy atom. The maximum Gasteiger partial charge on any atom is 0.248 e. The molecule has 0 unspecified atom stereocenters. The van der Waals surface area contributed by atoms with Crippen molar-refractivity contribution >= 4 is 27.6 Å². The average molecular weight is 288 g/mol. The summed E-state index contributed by atoms with van der Waals surface area (Å²) in [5, 5.41) is 2.90. The lowest BCUT2D eigenvalue weighted by molar-refractivity contribution is 0.100. The number of aromatic amines is 1. The summed E-state index contributed by atoms with van der Waals surface area (Å²) in [6, 6.07) is 11.1. The summed E-state index contributed by atoms with van der Waals surface area (Å²) in [4.78, 5) is 23.4. The molecule has 1 amide bonds. The van der Waals surface area contributed by atoms with Gasteiger partial charge in [0, 0.05) is 40.4 Å². The molecule has 1 aromatic carbocycles.